The van der Waals surface area contributed by atoms with E-state index in [-0.39, 0.29) is 0 Å². The summed E-state index contributed by atoms with van der Waals surface area (Å²) < 4.78 is 0. The largest absolute Gasteiger partial charge is 0.328 e. The predicted octanol–water partition coefficient (Wildman–Crippen LogP) is 2.68. The van der Waals surface area contributed by atoms with E-state index >= 15 is 0 Å². The average Bonchev–Trinajstić information content (AvgIpc) is 2.73. The first-order valence-corrected chi connectivity index (χ1v) is 6.61. The van der Waals surface area contributed by atoms with Gasteiger partial charge >= 0.3 is 0 Å². The molecule has 0 aliphatic heterocycles. The van der Waals surface area contributed by atoms with Crippen molar-refractivity contribution in [2.75, 3.05) is 0 Å². The van der Waals surface area contributed by atoms with E-state index in [0.29, 0.717) is 12.0 Å². The molecule has 2 aromatic rings. The summed E-state index contributed by atoms with van der Waals surface area (Å²) in [5.41, 5.74) is 6.96. The van der Waals surface area contributed by atoms with Gasteiger partial charge in [0.15, 0.2) is 0 Å². The van der Waals surface area contributed by atoms with Gasteiger partial charge in [0.1, 0.15) is 10.3 Å². The van der Waals surface area contributed by atoms with Crippen molar-refractivity contribution in [3.8, 4) is 0 Å². The number of nitrogens with zero attached hydrogens (tertiary/aromatic N) is 2. The molecule has 0 saturated heterocycles. The lowest BCUT2D eigenvalue weighted by atomic mass is 9.87. The van der Waals surface area contributed by atoms with Gasteiger partial charge in [-0.25, -0.2) is 9.97 Å². The van der Waals surface area contributed by atoms with E-state index in [9.17, 15) is 0 Å². The third-order valence-corrected chi connectivity index (χ3v) is 4.45. The van der Waals surface area contributed by atoms with E-state index in [0.717, 1.165) is 23.2 Å². The molecule has 3 nitrogen and oxygen atoms in total. The third-order valence-electron chi connectivity index (χ3n) is 3.30. The molecule has 0 amide bonds. The summed E-state index contributed by atoms with van der Waals surface area (Å²) in [4.78, 5) is 10.1. The highest BCUT2D eigenvalue weighted by Gasteiger charge is 2.22. The zero-order chi connectivity index (χ0) is 11.0. The van der Waals surface area contributed by atoms with Crippen LogP contribution in [-0.4, -0.2) is 16.0 Å². The molecular formula is C12H15N3S. The Morgan fingerprint density at radius 2 is 2.06 bits per heavy atom. The van der Waals surface area contributed by atoms with Crippen LogP contribution in [0.25, 0.3) is 10.3 Å². The lowest BCUT2D eigenvalue weighted by Crippen LogP contribution is -2.25. The highest BCUT2D eigenvalue weighted by Crippen LogP contribution is 2.35. The smallest absolute Gasteiger partial charge is 0.143 e. The van der Waals surface area contributed by atoms with Gasteiger partial charge in [0, 0.05) is 18.2 Å². The van der Waals surface area contributed by atoms with Crippen molar-refractivity contribution in [3.63, 3.8) is 0 Å². The van der Waals surface area contributed by atoms with Gasteiger partial charge in [-0.1, -0.05) is 11.3 Å². The normalized spacial score (nSPS) is 26.1. The fraction of sp³-hybridized carbons (Fsp3) is 0.500. The summed E-state index contributed by atoms with van der Waals surface area (Å²) in [6.07, 6.45) is 6.46. The van der Waals surface area contributed by atoms with Crippen molar-refractivity contribution in [1.29, 1.82) is 0 Å². The van der Waals surface area contributed by atoms with Crippen molar-refractivity contribution in [1.82, 2.24) is 9.97 Å². The first-order chi connectivity index (χ1) is 7.83. The maximum absolute atomic E-state index is 5.92. The average molecular weight is 233 g/mol. The second-order valence-electron chi connectivity index (χ2n) is 4.49. The molecule has 0 radical (unpaired) electrons. The van der Waals surface area contributed by atoms with Crippen LogP contribution in [0.2, 0.25) is 0 Å². The number of thiazole rings is 1. The molecule has 1 aliphatic rings. The molecule has 0 spiro atoms. The van der Waals surface area contributed by atoms with E-state index in [1.165, 1.54) is 17.8 Å². The van der Waals surface area contributed by atoms with Crippen LogP contribution in [0.4, 0.5) is 0 Å². The molecule has 1 aliphatic carbocycles. The van der Waals surface area contributed by atoms with Crippen LogP contribution in [0.5, 0.6) is 0 Å². The van der Waals surface area contributed by atoms with Gasteiger partial charge in [0.05, 0.1) is 5.01 Å². The molecule has 2 heterocycles. The fourth-order valence-corrected chi connectivity index (χ4v) is 3.40. The monoisotopic (exact) mass is 233 g/mol. The molecule has 84 valence electrons. The lowest BCUT2D eigenvalue weighted by Gasteiger charge is -2.24. The Hall–Kier alpha value is -1.00. The lowest BCUT2D eigenvalue weighted by molar-refractivity contribution is 0.395. The molecule has 0 unspecified atom stereocenters. The number of fused-ring (bicyclic) bond motifs is 1. The van der Waals surface area contributed by atoms with Gasteiger partial charge < -0.3 is 5.73 Å². The molecule has 4 heteroatoms. The second-order valence-corrected chi connectivity index (χ2v) is 5.50. The van der Waals surface area contributed by atoms with Gasteiger partial charge in [0.2, 0.25) is 0 Å². The SMILES string of the molecule is NC1CCC(c2nc3cccnc3s2)CC1. The van der Waals surface area contributed by atoms with E-state index in [2.05, 4.69) is 9.97 Å². The minimum absolute atomic E-state index is 0.406. The zero-order valence-corrected chi connectivity index (χ0v) is 9.91. The van der Waals surface area contributed by atoms with Crippen molar-refractivity contribution < 1.29 is 0 Å². The molecule has 0 bridgehead atoms. The summed E-state index contributed by atoms with van der Waals surface area (Å²) >= 11 is 1.74. The molecule has 2 N–H and O–H groups in total. The molecule has 2 aromatic heterocycles. The van der Waals surface area contributed by atoms with Crippen LogP contribution < -0.4 is 5.73 Å². The summed E-state index contributed by atoms with van der Waals surface area (Å²) in [5.74, 6) is 0.610. The summed E-state index contributed by atoms with van der Waals surface area (Å²) in [6.45, 7) is 0. The number of nitrogens with two attached hydrogens (primary N) is 1. The molecule has 16 heavy (non-hydrogen) atoms. The number of aromatic nitrogens is 2. The van der Waals surface area contributed by atoms with Crippen LogP contribution >= 0.6 is 11.3 Å². The molecule has 1 fully saturated rings. The maximum atomic E-state index is 5.92. The minimum atomic E-state index is 0.406. The van der Waals surface area contributed by atoms with Gasteiger partial charge in [-0.15, -0.1) is 0 Å². The zero-order valence-electron chi connectivity index (χ0n) is 9.10. The quantitative estimate of drug-likeness (QED) is 0.824. The maximum Gasteiger partial charge on any atom is 0.143 e. The Balaban J connectivity index is 1.88. The number of pyridine rings is 1. The number of hydrogen-bond acceptors (Lipinski definition) is 4. The number of rotatable bonds is 1. The molecule has 3 rings (SSSR count). The third kappa shape index (κ3) is 1.83. The standard InChI is InChI=1S/C12H15N3S/c13-9-5-3-8(4-6-9)11-15-10-2-1-7-14-12(10)16-11/h1-2,7-9H,3-6,13H2. The van der Waals surface area contributed by atoms with Crippen LogP contribution in [0, 0.1) is 0 Å². The first kappa shape index (κ1) is 10.2. The van der Waals surface area contributed by atoms with E-state index in [4.69, 9.17) is 5.73 Å². The highest BCUT2D eigenvalue weighted by molar-refractivity contribution is 7.18. The van der Waals surface area contributed by atoms with Crippen molar-refractivity contribution in [3.05, 3.63) is 23.3 Å². The molecule has 0 aromatic carbocycles. The summed E-state index contributed by atoms with van der Waals surface area (Å²) in [6, 6.07) is 4.39. The van der Waals surface area contributed by atoms with Gasteiger partial charge in [0.25, 0.3) is 0 Å². The predicted molar refractivity (Wildman–Crippen MR) is 66.6 cm³/mol. The summed E-state index contributed by atoms with van der Waals surface area (Å²) in [7, 11) is 0. The fourth-order valence-electron chi connectivity index (χ4n) is 2.33. The molecule has 0 atom stereocenters. The van der Waals surface area contributed by atoms with E-state index < -0.39 is 0 Å². The van der Waals surface area contributed by atoms with Crippen LogP contribution in [-0.2, 0) is 0 Å². The van der Waals surface area contributed by atoms with Crippen molar-refractivity contribution >= 4 is 21.7 Å². The Morgan fingerprint density at radius 3 is 2.81 bits per heavy atom. The highest BCUT2D eigenvalue weighted by atomic mass is 32.1. The Kier molecular flexibility index (Phi) is 2.61. The van der Waals surface area contributed by atoms with Crippen molar-refractivity contribution in [2.24, 2.45) is 5.73 Å². The topological polar surface area (TPSA) is 51.8 Å². The first-order valence-electron chi connectivity index (χ1n) is 5.80. The Morgan fingerprint density at radius 1 is 1.25 bits per heavy atom. The van der Waals surface area contributed by atoms with E-state index in [1.807, 2.05) is 18.3 Å². The van der Waals surface area contributed by atoms with Gasteiger partial charge in [-0.05, 0) is 37.8 Å². The van der Waals surface area contributed by atoms with Gasteiger partial charge in [-0.3, -0.25) is 0 Å². The molecule has 1 saturated carbocycles. The molecular weight excluding hydrogens is 218 g/mol. The van der Waals surface area contributed by atoms with Crippen molar-refractivity contribution in [2.45, 2.75) is 37.6 Å². The Labute approximate surface area is 98.7 Å². The number of hydrogen-bond donors (Lipinski definition) is 1. The van der Waals surface area contributed by atoms with Crippen LogP contribution in [0.15, 0.2) is 18.3 Å². The van der Waals surface area contributed by atoms with E-state index in [1.54, 1.807) is 11.3 Å². The minimum Gasteiger partial charge on any atom is -0.328 e. The van der Waals surface area contributed by atoms with Crippen LogP contribution in [0.1, 0.15) is 36.6 Å². The van der Waals surface area contributed by atoms with Crippen LogP contribution in [0.3, 0.4) is 0 Å². The second kappa shape index (κ2) is 4.11. The van der Waals surface area contributed by atoms with Gasteiger partial charge in [-0.2, -0.15) is 0 Å². The summed E-state index contributed by atoms with van der Waals surface area (Å²) in [5, 5.41) is 1.25. The Bertz CT molecular complexity index is 453.